The Kier molecular flexibility index (Phi) is 2.53. The maximum absolute atomic E-state index is 10.8. The largest absolute Gasteiger partial charge is 0.474 e. The summed E-state index contributed by atoms with van der Waals surface area (Å²) in [6.07, 6.45) is 1.28. The molecule has 0 bridgehead atoms. The molecule has 1 unspecified atom stereocenters. The highest BCUT2D eigenvalue weighted by Gasteiger charge is 2.25. The van der Waals surface area contributed by atoms with E-state index in [1.807, 2.05) is 0 Å². The maximum atomic E-state index is 10.8. The van der Waals surface area contributed by atoms with E-state index in [-0.39, 0.29) is 11.0 Å². The summed E-state index contributed by atoms with van der Waals surface area (Å²) in [5.41, 5.74) is 0. The molecule has 0 amide bonds. The molecule has 1 aromatic rings. The van der Waals surface area contributed by atoms with E-state index in [9.17, 15) is 4.21 Å². The van der Waals surface area contributed by atoms with Gasteiger partial charge in [-0.15, -0.1) is 0 Å². The van der Waals surface area contributed by atoms with E-state index in [1.165, 1.54) is 10.9 Å². The first-order valence-electron chi connectivity index (χ1n) is 4.04. The third-order valence-corrected chi connectivity index (χ3v) is 2.72. The summed E-state index contributed by atoms with van der Waals surface area (Å²) in [6, 6.07) is 0. The lowest BCUT2D eigenvalue weighted by Gasteiger charge is -2.22. The number of hydrogen-bond donors (Lipinski definition) is 1. The van der Waals surface area contributed by atoms with Crippen molar-refractivity contribution in [2.75, 3.05) is 13.7 Å². The van der Waals surface area contributed by atoms with Crippen LogP contribution in [-0.4, -0.2) is 38.4 Å². The summed E-state index contributed by atoms with van der Waals surface area (Å²) >= 11 is -2.05. The molecule has 1 aromatic heterocycles. The van der Waals surface area contributed by atoms with Gasteiger partial charge in [-0.05, 0) is 0 Å². The number of aromatic nitrogens is 2. The number of fused-ring (bicyclic) bond motifs is 1. The molecular weight excluding hydrogens is 208 g/mol. The van der Waals surface area contributed by atoms with Crippen molar-refractivity contribution in [1.29, 1.82) is 0 Å². The molecular formula is C7H10N2O4S. The van der Waals surface area contributed by atoms with Crippen molar-refractivity contribution < 1.29 is 18.2 Å². The second kappa shape index (κ2) is 3.68. The molecule has 0 spiro atoms. The van der Waals surface area contributed by atoms with Crippen LogP contribution in [0.3, 0.4) is 0 Å². The van der Waals surface area contributed by atoms with Crippen LogP contribution in [0.1, 0.15) is 0 Å². The van der Waals surface area contributed by atoms with Crippen LogP contribution >= 0.6 is 0 Å². The van der Waals surface area contributed by atoms with Gasteiger partial charge < -0.3 is 14.0 Å². The van der Waals surface area contributed by atoms with Gasteiger partial charge >= 0.3 is 0 Å². The molecule has 2 atom stereocenters. The molecule has 7 heteroatoms. The Balaban J connectivity index is 2.29. The number of rotatable bonds is 2. The normalized spacial score (nSPS) is 22.6. The lowest BCUT2D eigenvalue weighted by molar-refractivity contribution is 0.0165. The zero-order valence-electron chi connectivity index (χ0n) is 7.54. The molecule has 1 N–H and O–H groups in total. The highest BCUT2D eigenvalue weighted by atomic mass is 32.2. The van der Waals surface area contributed by atoms with E-state index in [0.29, 0.717) is 19.0 Å². The molecule has 14 heavy (non-hydrogen) atoms. The number of methoxy groups -OCH3 is 1. The van der Waals surface area contributed by atoms with Crippen molar-refractivity contribution in [3.05, 3.63) is 6.20 Å². The summed E-state index contributed by atoms with van der Waals surface area (Å²) in [5.74, 6) is 0.360. The lowest BCUT2D eigenvalue weighted by Crippen LogP contribution is -2.32. The zero-order chi connectivity index (χ0) is 10.1. The van der Waals surface area contributed by atoms with E-state index in [4.69, 9.17) is 14.0 Å². The van der Waals surface area contributed by atoms with Crippen molar-refractivity contribution in [2.45, 2.75) is 17.5 Å². The topological polar surface area (TPSA) is 73.6 Å². The minimum atomic E-state index is -2.05. The molecule has 0 fully saturated rings. The van der Waals surface area contributed by atoms with Gasteiger partial charge in [0.2, 0.25) is 5.88 Å². The van der Waals surface area contributed by atoms with Gasteiger partial charge in [-0.3, -0.25) is 0 Å². The summed E-state index contributed by atoms with van der Waals surface area (Å²) in [7, 11) is 1.59. The van der Waals surface area contributed by atoms with Gasteiger partial charge in [0.05, 0.1) is 12.7 Å². The van der Waals surface area contributed by atoms with E-state index in [0.717, 1.165) is 0 Å². The second-order valence-electron chi connectivity index (χ2n) is 2.91. The Morgan fingerprint density at radius 2 is 2.64 bits per heavy atom. The smallest absolute Gasteiger partial charge is 0.231 e. The van der Waals surface area contributed by atoms with Crippen LogP contribution in [0.25, 0.3) is 0 Å². The fourth-order valence-corrected chi connectivity index (χ4v) is 1.76. The molecule has 6 nitrogen and oxygen atoms in total. The minimum absolute atomic E-state index is 0.0534. The highest BCUT2D eigenvalue weighted by molar-refractivity contribution is 7.79. The third-order valence-electron chi connectivity index (χ3n) is 2.06. The first-order chi connectivity index (χ1) is 6.72. The summed E-state index contributed by atoms with van der Waals surface area (Å²) < 4.78 is 31.6. The Morgan fingerprint density at radius 3 is 3.29 bits per heavy atom. The van der Waals surface area contributed by atoms with Crippen molar-refractivity contribution in [3.63, 3.8) is 0 Å². The van der Waals surface area contributed by atoms with Gasteiger partial charge in [0.15, 0.2) is 11.1 Å². The van der Waals surface area contributed by atoms with Gasteiger partial charge in [0.1, 0.15) is 17.6 Å². The predicted molar refractivity (Wildman–Crippen MR) is 47.6 cm³/mol. The summed E-state index contributed by atoms with van der Waals surface area (Å²) in [5, 5.41) is 3.93. The number of nitrogens with zero attached hydrogens (tertiary/aromatic N) is 2. The van der Waals surface area contributed by atoms with Crippen LogP contribution in [0.5, 0.6) is 5.88 Å². The summed E-state index contributed by atoms with van der Waals surface area (Å²) in [4.78, 5) is 0.208. The number of hydrogen-bond acceptors (Lipinski definition) is 4. The van der Waals surface area contributed by atoms with Crippen molar-refractivity contribution in [2.24, 2.45) is 0 Å². The van der Waals surface area contributed by atoms with Gasteiger partial charge in [-0.2, -0.15) is 5.10 Å². The molecule has 2 heterocycles. The lowest BCUT2D eigenvalue weighted by atomic mass is 10.3. The molecule has 1 aliphatic heterocycles. The minimum Gasteiger partial charge on any atom is -0.474 e. The van der Waals surface area contributed by atoms with Crippen LogP contribution in [0.2, 0.25) is 0 Å². The Labute approximate surface area is 83.1 Å². The van der Waals surface area contributed by atoms with Crippen LogP contribution in [0, 0.1) is 0 Å². The van der Waals surface area contributed by atoms with E-state index in [2.05, 4.69) is 5.10 Å². The van der Waals surface area contributed by atoms with Crippen LogP contribution in [-0.2, 0) is 22.4 Å². The maximum Gasteiger partial charge on any atom is 0.231 e. The molecule has 0 aromatic carbocycles. The zero-order valence-corrected chi connectivity index (χ0v) is 8.36. The van der Waals surface area contributed by atoms with Crippen LogP contribution in [0.15, 0.2) is 11.1 Å². The summed E-state index contributed by atoms with van der Waals surface area (Å²) in [6.45, 7) is 0.926. The fraction of sp³-hybridized carbons (Fsp3) is 0.571. The van der Waals surface area contributed by atoms with Gasteiger partial charge in [-0.1, -0.05) is 0 Å². The number of ether oxygens (including phenoxy) is 2. The molecule has 0 radical (unpaired) electrons. The van der Waals surface area contributed by atoms with Gasteiger partial charge in [0.25, 0.3) is 0 Å². The average molecular weight is 218 g/mol. The van der Waals surface area contributed by atoms with Crippen molar-refractivity contribution in [1.82, 2.24) is 9.78 Å². The molecule has 0 saturated heterocycles. The molecule has 2 rings (SSSR count). The monoisotopic (exact) mass is 218 g/mol. The second-order valence-corrected chi connectivity index (χ2v) is 3.85. The average Bonchev–Trinajstić information content (AvgIpc) is 2.59. The van der Waals surface area contributed by atoms with Gasteiger partial charge in [0, 0.05) is 7.11 Å². The first-order valence-corrected chi connectivity index (χ1v) is 5.15. The third kappa shape index (κ3) is 1.54. The quantitative estimate of drug-likeness (QED) is 0.700. The SMILES string of the molecule is CO[C@H]1COc2c(S(=O)O)cnn2C1. The Morgan fingerprint density at radius 1 is 1.86 bits per heavy atom. The highest BCUT2D eigenvalue weighted by Crippen LogP contribution is 2.25. The van der Waals surface area contributed by atoms with Crippen molar-refractivity contribution >= 4 is 11.1 Å². The van der Waals surface area contributed by atoms with E-state index in [1.54, 1.807) is 7.11 Å². The Bertz CT molecular complexity index is 365. The van der Waals surface area contributed by atoms with Crippen LogP contribution in [0.4, 0.5) is 0 Å². The molecule has 1 aliphatic rings. The first kappa shape index (κ1) is 9.63. The molecule has 0 saturated carbocycles. The molecule has 0 aliphatic carbocycles. The fourth-order valence-electron chi connectivity index (χ4n) is 1.31. The predicted octanol–water partition coefficient (Wildman–Crippen LogP) is -0.129. The van der Waals surface area contributed by atoms with E-state index < -0.39 is 11.1 Å². The molecule has 78 valence electrons. The van der Waals surface area contributed by atoms with E-state index >= 15 is 0 Å². The standard InChI is InChI=1S/C7H10N2O4S/c1-12-5-3-9-7(13-4-5)6(2-8-9)14(10)11/h2,5H,3-4H2,1H3,(H,10,11)/t5-/m1/s1. The van der Waals surface area contributed by atoms with Crippen molar-refractivity contribution in [3.8, 4) is 5.88 Å². The Hall–Kier alpha value is -0.920. The van der Waals surface area contributed by atoms with Crippen LogP contribution < -0.4 is 4.74 Å². The van der Waals surface area contributed by atoms with Gasteiger partial charge in [-0.25, -0.2) is 8.89 Å².